The molecule has 0 aliphatic carbocycles. The molecule has 4 N–H and O–H groups in total. The highest BCUT2D eigenvalue weighted by Crippen LogP contribution is 2.40. The third-order valence-corrected chi connectivity index (χ3v) is 20.6. The minimum atomic E-state index is -4.63. The molecule has 0 spiro atoms. The summed E-state index contributed by atoms with van der Waals surface area (Å²) in [5.74, 6) is 3.41. The maximum atomic E-state index is 12.6. The van der Waals surface area contributed by atoms with Crippen LogP contribution < -0.4 is 29.4 Å². The van der Waals surface area contributed by atoms with Crippen LogP contribution >= 0.6 is 0 Å². The first kappa shape index (κ1) is 112. The number of aryl methyl sites for hydroxylation is 3. The average molecular weight is 1780 g/mol. The molecule has 1 aliphatic rings. The van der Waals surface area contributed by atoms with Crippen LogP contribution in [0.3, 0.4) is 0 Å². The van der Waals surface area contributed by atoms with E-state index in [4.69, 9.17) is 29.8 Å². The second-order valence-electron chi connectivity index (χ2n) is 42.6. The van der Waals surface area contributed by atoms with Crippen LogP contribution in [0, 0.1) is 20.8 Å². The van der Waals surface area contributed by atoms with Crippen molar-refractivity contribution in [2.75, 3.05) is 26.1 Å². The quantitative estimate of drug-likeness (QED) is 0.0867. The third kappa shape index (κ3) is 42.6. The highest BCUT2D eigenvalue weighted by Gasteiger charge is 2.36. The lowest BCUT2D eigenvalue weighted by Gasteiger charge is -2.23. The van der Waals surface area contributed by atoms with Crippen molar-refractivity contribution in [2.45, 2.75) is 302 Å². The number of alkyl halides is 6. The number of ether oxygens (including phenoxy) is 5. The molecule has 0 bridgehead atoms. The molecule has 10 nitrogen and oxygen atoms in total. The number of aromatic hydroxyl groups is 2. The molecule has 11 aromatic rings. The highest BCUT2D eigenvalue weighted by molar-refractivity contribution is 5.47. The number of anilines is 1. The number of nitrogens with zero attached hydrogens (tertiary/aromatic N) is 2. The first-order valence-corrected chi connectivity index (χ1v) is 44.1. The van der Waals surface area contributed by atoms with Crippen LogP contribution in [-0.4, -0.2) is 46.9 Å². The Morgan fingerprint density at radius 3 is 1.13 bits per heavy atom. The van der Waals surface area contributed by atoms with E-state index in [1.165, 1.54) is 91.5 Å². The SMILES string of the molecule is CC(C)(C)c1ccc(N)cc1.CC(C)(C)c1ccc(O)c(O)c1.CC(C)(C)c1ccc2c(c1)OCCO2.CC(C)(C)c1cccc(OC(F)(F)F)c1.CC(C)(C)c1ccccc1C(F)(F)F.CC(C)(C)c1cccnc1.CC(C)(C)c1ccncc1.COc1cc(C(C)(C)C)ccc1C.Cc1ccc(C(C)(C)C)cc1.Cc1ccc(C(C)(C)C)cc1OCc1ccccc1. The van der Waals surface area contributed by atoms with Crippen LogP contribution in [0.5, 0.6) is 40.2 Å². The Morgan fingerprint density at radius 2 is 0.721 bits per heavy atom. The molecule has 3 heterocycles. The second-order valence-corrected chi connectivity index (χ2v) is 42.6. The molecule has 704 valence electrons. The number of phenolic OH excluding ortho intramolecular Hbond substituents is 2. The summed E-state index contributed by atoms with van der Waals surface area (Å²) in [5, 5.41) is 18.3. The van der Waals surface area contributed by atoms with Crippen molar-refractivity contribution in [3.8, 4) is 40.2 Å². The maximum Gasteiger partial charge on any atom is 0.573 e. The van der Waals surface area contributed by atoms with Crippen LogP contribution in [0.15, 0.2) is 249 Å². The van der Waals surface area contributed by atoms with Gasteiger partial charge in [-0.15, -0.1) is 13.2 Å². The molecule has 16 heteroatoms. The molecule has 0 fully saturated rings. The van der Waals surface area contributed by atoms with E-state index < -0.39 is 23.5 Å². The Bertz CT molecular complexity index is 4960. The summed E-state index contributed by atoms with van der Waals surface area (Å²) in [6, 6.07) is 71.0. The van der Waals surface area contributed by atoms with Gasteiger partial charge in [0.2, 0.25) is 0 Å². The predicted octanol–water partition coefficient (Wildman–Crippen LogP) is 31.8. The van der Waals surface area contributed by atoms with Gasteiger partial charge in [-0.3, -0.25) is 9.97 Å². The molecule has 0 radical (unpaired) electrons. The van der Waals surface area contributed by atoms with Crippen molar-refractivity contribution in [1.82, 2.24) is 9.97 Å². The number of hydrogen-bond donors (Lipinski definition) is 3. The van der Waals surface area contributed by atoms with Crippen molar-refractivity contribution in [1.29, 1.82) is 0 Å². The molecule has 0 unspecified atom stereocenters. The van der Waals surface area contributed by atoms with Crippen molar-refractivity contribution in [3.05, 3.63) is 333 Å². The lowest BCUT2D eigenvalue weighted by molar-refractivity contribution is -0.274. The number of pyridine rings is 2. The Kier molecular flexibility index (Phi) is 42.0. The molecule has 2 aromatic heterocycles. The van der Waals surface area contributed by atoms with E-state index in [2.05, 4.69) is 317 Å². The van der Waals surface area contributed by atoms with Gasteiger partial charge in [-0.2, -0.15) is 13.2 Å². The predicted molar refractivity (Wildman–Crippen MR) is 529 cm³/mol. The summed E-state index contributed by atoms with van der Waals surface area (Å²) >= 11 is 0. The van der Waals surface area contributed by atoms with Gasteiger partial charge in [0.1, 0.15) is 37.1 Å². The summed E-state index contributed by atoms with van der Waals surface area (Å²) < 4.78 is 99.7. The molecule has 0 saturated heterocycles. The number of rotatable bonds is 5. The molecular weight excluding hydrogens is 1630 g/mol. The van der Waals surface area contributed by atoms with E-state index in [0.717, 1.165) is 45.9 Å². The fourth-order valence-electron chi connectivity index (χ4n) is 12.0. The Balaban J connectivity index is 0.000000372. The van der Waals surface area contributed by atoms with Crippen molar-refractivity contribution in [3.63, 3.8) is 0 Å². The first-order valence-electron chi connectivity index (χ1n) is 44.1. The van der Waals surface area contributed by atoms with Crippen LogP contribution in [0.2, 0.25) is 0 Å². The van der Waals surface area contributed by atoms with E-state index in [-0.39, 0.29) is 66.0 Å². The molecule has 0 atom stereocenters. The largest absolute Gasteiger partial charge is 0.573 e. The average Bonchev–Trinajstić information content (AvgIpc) is 0.800. The second kappa shape index (κ2) is 48.2. The van der Waals surface area contributed by atoms with Crippen molar-refractivity contribution >= 4 is 5.69 Å². The number of nitrogen functional groups attached to an aromatic ring is 1. The lowest BCUT2D eigenvalue weighted by atomic mass is 9.83. The normalized spacial score (nSPS) is 12.2. The number of aromatic nitrogens is 2. The summed E-state index contributed by atoms with van der Waals surface area (Å²) in [6.07, 6.45) is -1.50. The molecule has 0 amide bonds. The van der Waals surface area contributed by atoms with Crippen LogP contribution in [0.25, 0.3) is 0 Å². The molecule has 1 aliphatic heterocycles. The number of benzene rings is 9. The fraction of sp³-hybridized carbons (Fsp3) is 0.434. The molecule has 129 heavy (non-hydrogen) atoms. The Morgan fingerprint density at radius 1 is 0.333 bits per heavy atom. The van der Waals surface area contributed by atoms with Crippen LogP contribution in [0.1, 0.15) is 291 Å². The Hall–Kier alpha value is -10.7. The van der Waals surface area contributed by atoms with Gasteiger partial charge < -0.3 is 39.6 Å². The first-order chi connectivity index (χ1) is 59.0. The number of methoxy groups -OCH3 is 1. The molecule has 9 aromatic carbocycles. The number of nitrogens with two attached hydrogens (primary N) is 1. The minimum absolute atomic E-state index is 0.00514. The molecular formula is C113H153F6N3O7. The van der Waals surface area contributed by atoms with Crippen molar-refractivity contribution < 1.29 is 60.2 Å². The van der Waals surface area contributed by atoms with Gasteiger partial charge in [0.25, 0.3) is 0 Å². The van der Waals surface area contributed by atoms with Crippen molar-refractivity contribution in [2.24, 2.45) is 0 Å². The molecule has 0 saturated carbocycles. The summed E-state index contributed by atoms with van der Waals surface area (Å²) in [6.45, 7) is 71.8. The van der Waals surface area contributed by atoms with Gasteiger partial charge in [-0.25, -0.2) is 0 Å². The van der Waals surface area contributed by atoms with E-state index >= 15 is 0 Å². The number of fused-ring (bicyclic) bond motifs is 1. The fourth-order valence-corrected chi connectivity index (χ4v) is 12.0. The zero-order valence-corrected chi connectivity index (χ0v) is 84.0. The van der Waals surface area contributed by atoms with E-state index in [1.807, 2.05) is 87.9 Å². The number of phenols is 2. The smallest absolute Gasteiger partial charge is 0.504 e. The van der Waals surface area contributed by atoms with Crippen LogP contribution in [0.4, 0.5) is 32.0 Å². The third-order valence-electron chi connectivity index (χ3n) is 20.6. The van der Waals surface area contributed by atoms with Gasteiger partial charge >= 0.3 is 12.5 Å². The van der Waals surface area contributed by atoms with Gasteiger partial charge in [-0.1, -0.05) is 353 Å². The van der Waals surface area contributed by atoms with Gasteiger partial charge in [0.15, 0.2) is 23.0 Å². The van der Waals surface area contributed by atoms with Crippen LogP contribution in [-0.2, 0) is 66.9 Å². The van der Waals surface area contributed by atoms with E-state index in [0.29, 0.717) is 25.4 Å². The zero-order valence-electron chi connectivity index (χ0n) is 84.0. The number of halogens is 6. The maximum absolute atomic E-state index is 12.6. The minimum Gasteiger partial charge on any atom is -0.504 e. The summed E-state index contributed by atoms with van der Waals surface area (Å²) in [7, 11) is 1.72. The topological polar surface area (TPSA) is 138 Å². The Labute approximate surface area is 772 Å². The standard InChI is InChI=1S/C18H22O.C12H16O2.C12H18O.C11H13F3O.C11H13F3.C11H16.C10H15N.C10H14O2.2C9H13N/c1-14-10-11-16(18(2,3)4)12-17(14)19-13-15-8-6-5-7-9-15;1-12(2,3)9-4-5-10-11(8-9)14-7-6-13-10;1-9-6-7-10(12(2,3)4)8-11(9)13-5;1-10(2,3)8-5-4-6-9(7-8)15-11(12,13)14;1-10(2,3)8-6-4-5-7-9(8)11(12,13)14;1-9-5-7-10(8-6-9)11(2,3)4;1-10(2,3)8-4-6-9(11)7-5-8;1-10(2,3)7-4-5-8(11)9(12)6-7;1-9(2,3)8-4-6-10-7-5-8;1-9(2,3)8-5-4-6-10-7-8/h5-12H,13H2,1-4H3;4-5,8H,6-7H2,1-3H3;6-8H,1-5H3;4-7H,1-3H3;4-7H,1-3H3;5-8H,1-4H3;4-7H,11H2,1-3H3;4-6,11-12H,1-3H3;2*4-7H,1-3H3. The monoisotopic (exact) mass is 1780 g/mol. The van der Waals surface area contributed by atoms with Gasteiger partial charge in [-0.05, 0) is 232 Å². The van der Waals surface area contributed by atoms with E-state index in [9.17, 15) is 31.4 Å². The lowest BCUT2D eigenvalue weighted by Crippen LogP contribution is -2.19. The zero-order chi connectivity index (χ0) is 98.3. The molecule has 12 rings (SSSR count). The summed E-state index contributed by atoms with van der Waals surface area (Å²) in [4.78, 5) is 8.01. The van der Waals surface area contributed by atoms with E-state index in [1.54, 1.807) is 58.3 Å². The van der Waals surface area contributed by atoms with Gasteiger partial charge in [0, 0.05) is 30.5 Å². The van der Waals surface area contributed by atoms with Gasteiger partial charge in [0.05, 0.1) is 12.7 Å². The summed E-state index contributed by atoms with van der Waals surface area (Å²) in [5.41, 5.74) is 23.0. The number of hydrogen-bond acceptors (Lipinski definition) is 10. The highest BCUT2D eigenvalue weighted by atomic mass is 19.4.